The van der Waals surface area contributed by atoms with E-state index < -0.39 is 11.7 Å². The summed E-state index contributed by atoms with van der Waals surface area (Å²) >= 11 is 6.29. The molecular formula is C26H24ClF3N2O. The van der Waals surface area contributed by atoms with E-state index >= 15 is 0 Å². The van der Waals surface area contributed by atoms with E-state index in [2.05, 4.69) is 32.9 Å². The molecule has 0 aliphatic heterocycles. The molecule has 0 bridgehead atoms. The van der Waals surface area contributed by atoms with Gasteiger partial charge in [0.2, 0.25) is 0 Å². The number of benzene rings is 3. The third kappa shape index (κ3) is 4.71. The van der Waals surface area contributed by atoms with Crippen LogP contribution in [0.15, 0.2) is 60.7 Å². The number of imidazole rings is 1. The quantitative estimate of drug-likeness (QED) is 0.303. The Hall–Kier alpha value is -2.99. The first-order chi connectivity index (χ1) is 15.4. The molecule has 172 valence electrons. The lowest BCUT2D eigenvalue weighted by atomic mass is 9.87. The SMILES string of the molecule is Cn1c(-c2ccc(Cl)c(OCc3ccccc3C(F)(F)F)c2)nc2cc(C(C)(C)C)ccc21. The number of aryl methyl sites for hydroxylation is 1. The summed E-state index contributed by atoms with van der Waals surface area (Å²) in [5, 5.41) is 0.317. The summed E-state index contributed by atoms with van der Waals surface area (Å²) in [7, 11) is 1.93. The number of ether oxygens (including phenoxy) is 1. The van der Waals surface area contributed by atoms with Crippen LogP contribution in [-0.4, -0.2) is 9.55 Å². The van der Waals surface area contributed by atoms with Gasteiger partial charge < -0.3 is 9.30 Å². The summed E-state index contributed by atoms with van der Waals surface area (Å²) in [6, 6.07) is 16.8. The molecule has 0 aliphatic rings. The van der Waals surface area contributed by atoms with Gasteiger partial charge in [-0.3, -0.25) is 0 Å². The van der Waals surface area contributed by atoms with Crippen LogP contribution in [0.3, 0.4) is 0 Å². The monoisotopic (exact) mass is 472 g/mol. The van der Waals surface area contributed by atoms with Gasteiger partial charge in [-0.1, -0.05) is 56.6 Å². The predicted molar refractivity (Wildman–Crippen MR) is 126 cm³/mol. The van der Waals surface area contributed by atoms with E-state index in [1.807, 2.05) is 23.7 Å². The van der Waals surface area contributed by atoms with Crippen LogP contribution in [0.2, 0.25) is 5.02 Å². The van der Waals surface area contributed by atoms with Crippen molar-refractivity contribution in [2.75, 3.05) is 0 Å². The fourth-order valence-electron chi connectivity index (χ4n) is 3.76. The lowest BCUT2D eigenvalue weighted by Crippen LogP contribution is -2.10. The van der Waals surface area contributed by atoms with Gasteiger partial charge in [0.05, 0.1) is 21.6 Å². The largest absolute Gasteiger partial charge is 0.487 e. The first kappa shape index (κ1) is 23.2. The van der Waals surface area contributed by atoms with Crippen molar-refractivity contribution in [1.29, 1.82) is 0 Å². The number of hydrogen-bond acceptors (Lipinski definition) is 2. The molecule has 0 radical (unpaired) electrons. The van der Waals surface area contributed by atoms with Crippen molar-refractivity contribution in [3.8, 4) is 17.1 Å². The lowest BCUT2D eigenvalue weighted by molar-refractivity contribution is -0.138. The molecule has 1 aromatic heterocycles. The third-order valence-corrected chi connectivity index (χ3v) is 5.95. The van der Waals surface area contributed by atoms with Gasteiger partial charge in [0.1, 0.15) is 18.2 Å². The van der Waals surface area contributed by atoms with Gasteiger partial charge in [-0.05, 0) is 47.4 Å². The van der Waals surface area contributed by atoms with Crippen LogP contribution in [0.1, 0.15) is 37.5 Å². The van der Waals surface area contributed by atoms with Crippen LogP contribution in [0.25, 0.3) is 22.4 Å². The molecule has 0 saturated heterocycles. The van der Waals surface area contributed by atoms with Crippen LogP contribution < -0.4 is 4.74 Å². The van der Waals surface area contributed by atoms with Crippen LogP contribution in [-0.2, 0) is 25.2 Å². The maximum Gasteiger partial charge on any atom is 0.416 e. The number of aromatic nitrogens is 2. The average Bonchev–Trinajstić information content (AvgIpc) is 3.08. The zero-order valence-electron chi connectivity index (χ0n) is 18.8. The Balaban J connectivity index is 1.67. The number of halogens is 4. The van der Waals surface area contributed by atoms with E-state index in [4.69, 9.17) is 21.3 Å². The highest BCUT2D eigenvalue weighted by Crippen LogP contribution is 2.35. The Kier molecular flexibility index (Phi) is 5.91. The Morgan fingerprint density at radius 2 is 1.70 bits per heavy atom. The van der Waals surface area contributed by atoms with Crippen molar-refractivity contribution in [3.05, 3.63) is 82.4 Å². The van der Waals surface area contributed by atoms with E-state index in [0.29, 0.717) is 16.6 Å². The van der Waals surface area contributed by atoms with Crippen molar-refractivity contribution in [2.45, 2.75) is 39.0 Å². The Morgan fingerprint density at radius 3 is 2.39 bits per heavy atom. The molecule has 3 aromatic carbocycles. The standard InChI is InChI=1S/C26H24ClF3N2O/c1-25(2,3)18-10-12-22-21(14-18)31-24(32(22)4)16-9-11-20(27)23(13-16)33-15-17-7-5-6-8-19(17)26(28,29)30/h5-14H,15H2,1-4H3. The summed E-state index contributed by atoms with van der Waals surface area (Å²) in [5.74, 6) is 1.02. The molecule has 0 N–H and O–H groups in total. The summed E-state index contributed by atoms with van der Waals surface area (Å²) in [5.41, 5.74) is 3.12. The maximum absolute atomic E-state index is 13.3. The number of hydrogen-bond donors (Lipinski definition) is 0. The summed E-state index contributed by atoms with van der Waals surface area (Å²) in [6.07, 6.45) is -4.45. The van der Waals surface area contributed by atoms with Crippen LogP contribution in [0.5, 0.6) is 5.75 Å². The molecule has 0 saturated carbocycles. The van der Waals surface area contributed by atoms with Gasteiger partial charge in [0, 0.05) is 18.2 Å². The lowest BCUT2D eigenvalue weighted by Gasteiger charge is -2.18. The normalized spacial score (nSPS) is 12.4. The van der Waals surface area contributed by atoms with Crippen LogP contribution >= 0.6 is 11.6 Å². The summed E-state index contributed by atoms with van der Waals surface area (Å²) in [4.78, 5) is 4.81. The van der Waals surface area contributed by atoms with Gasteiger partial charge in [-0.15, -0.1) is 0 Å². The Labute approximate surface area is 195 Å². The van der Waals surface area contributed by atoms with Gasteiger partial charge in [0.15, 0.2) is 0 Å². The second-order valence-electron chi connectivity index (χ2n) is 9.04. The minimum Gasteiger partial charge on any atom is -0.487 e. The van der Waals surface area contributed by atoms with Gasteiger partial charge in [-0.2, -0.15) is 13.2 Å². The minimum absolute atomic E-state index is 0.000136. The van der Waals surface area contributed by atoms with Crippen molar-refractivity contribution >= 4 is 22.6 Å². The zero-order valence-corrected chi connectivity index (χ0v) is 19.6. The number of nitrogens with zero attached hydrogens (tertiary/aromatic N) is 2. The summed E-state index contributed by atoms with van der Waals surface area (Å²) < 4.78 is 47.6. The summed E-state index contributed by atoms with van der Waals surface area (Å²) in [6.45, 7) is 6.20. The molecular weight excluding hydrogens is 449 g/mol. The molecule has 0 unspecified atom stereocenters. The second-order valence-corrected chi connectivity index (χ2v) is 9.44. The molecule has 33 heavy (non-hydrogen) atoms. The zero-order chi connectivity index (χ0) is 24.0. The van der Waals surface area contributed by atoms with Crippen LogP contribution in [0, 0.1) is 0 Å². The highest BCUT2D eigenvalue weighted by atomic mass is 35.5. The van der Waals surface area contributed by atoms with E-state index in [-0.39, 0.29) is 17.6 Å². The average molecular weight is 473 g/mol. The van der Waals surface area contributed by atoms with Crippen molar-refractivity contribution < 1.29 is 17.9 Å². The fraction of sp³-hybridized carbons (Fsp3) is 0.269. The molecule has 1 heterocycles. The topological polar surface area (TPSA) is 27.1 Å². The van der Waals surface area contributed by atoms with Crippen molar-refractivity contribution in [1.82, 2.24) is 9.55 Å². The van der Waals surface area contributed by atoms with Crippen molar-refractivity contribution in [2.24, 2.45) is 7.05 Å². The second kappa shape index (κ2) is 8.41. The molecule has 7 heteroatoms. The molecule has 4 rings (SSSR count). The first-order valence-corrected chi connectivity index (χ1v) is 10.9. The molecule has 0 spiro atoms. The number of rotatable bonds is 4. The van der Waals surface area contributed by atoms with E-state index in [0.717, 1.165) is 22.7 Å². The van der Waals surface area contributed by atoms with Gasteiger partial charge in [-0.25, -0.2) is 4.98 Å². The molecule has 0 amide bonds. The number of alkyl halides is 3. The molecule has 0 fully saturated rings. The molecule has 3 nitrogen and oxygen atoms in total. The van der Waals surface area contributed by atoms with E-state index in [1.165, 1.54) is 17.7 Å². The molecule has 4 aromatic rings. The fourth-order valence-corrected chi connectivity index (χ4v) is 3.93. The van der Waals surface area contributed by atoms with Crippen molar-refractivity contribution in [3.63, 3.8) is 0 Å². The molecule has 0 atom stereocenters. The Bertz CT molecular complexity index is 1320. The van der Waals surface area contributed by atoms with Gasteiger partial charge >= 0.3 is 6.18 Å². The first-order valence-electron chi connectivity index (χ1n) is 10.5. The predicted octanol–water partition coefficient (Wildman–Crippen LogP) is 7.79. The third-order valence-electron chi connectivity index (χ3n) is 5.64. The van der Waals surface area contributed by atoms with E-state index in [9.17, 15) is 13.2 Å². The Morgan fingerprint density at radius 1 is 0.970 bits per heavy atom. The highest BCUT2D eigenvalue weighted by molar-refractivity contribution is 6.32. The maximum atomic E-state index is 13.3. The highest BCUT2D eigenvalue weighted by Gasteiger charge is 2.33. The van der Waals surface area contributed by atoms with E-state index in [1.54, 1.807) is 18.2 Å². The smallest absolute Gasteiger partial charge is 0.416 e. The van der Waals surface area contributed by atoms with Crippen LogP contribution in [0.4, 0.5) is 13.2 Å². The van der Waals surface area contributed by atoms with Gasteiger partial charge in [0.25, 0.3) is 0 Å². The minimum atomic E-state index is -4.45. The number of fused-ring (bicyclic) bond motifs is 1. The molecule has 0 aliphatic carbocycles.